The maximum Gasteiger partial charge on any atom is 0.254 e. The van der Waals surface area contributed by atoms with Crippen molar-refractivity contribution in [3.05, 3.63) is 95.3 Å². The quantitative estimate of drug-likeness (QED) is 0.518. The third kappa shape index (κ3) is 5.13. The molecule has 3 aromatic rings. The summed E-state index contributed by atoms with van der Waals surface area (Å²) < 4.78 is 2.23. The molecular formula is C25H30N2O. The van der Waals surface area contributed by atoms with Gasteiger partial charge >= 0.3 is 0 Å². The molecule has 28 heavy (non-hydrogen) atoms. The van der Waals surface area contributed by atoms with Gasteiger partial charge < -0.3 is 9.47 Å². The van der Waals surface area contributed by atoms with Gasteiger partial charge in [0, 0.05) is 30.5 Å². The molecule has 146 valence electrons. The van der Waals surface area contributed by atoms with Gasteiger partial charge in [-0.05, 0) is 47.7 Å². The monoisotopic (exact) mass is 374 g/mol. The van der Waals surface area contributed by atoms with E-state index in [2.05, 4.69) is 80.1 Å². The van der Waals surface area contributed by atoms with Crippen LogP contribution in [-0.2, 0) is 19.5 Å². The highest BCUT2D eigenvalue weighted by atomic mass is 16.2. The lowest BCUT2D eigenvalue weighted by Crippen LogP contribution is -2.34. The topological polar surface area (TPSA) is 25.2 Å². The van der Waals surface area contributed by atoms with Crippen molar-refractivity contribution in [2.45, 2.75) is 40.3 Å². The normalized spacial score (nSPS) is 11.0. The lowest BCUT2D eigenvalue weighted by Gasteiger charge is -2.25. The number of amides is 1. The van der Waals surface area contributed by atoms with Crippen molar-refractivity contribution < 1.29 is 4.79 Å². The van der Waals surface area contributed by atoms with Crippen molar-refractivity contribution in [3.63, 3.8) is 0 Å². The van der Waals surface area contributed by atoms with Crippen molar-refractivity contribution >= 4 is 5.91 Å². The molecule has 0 fully saturated rings. The molecule has 3 rings (SSSR count). The number of hydrogen-bond donors (Lipinski definition) is 0. The second-order valence-electron chi connectivity index (χ2n) is 7.74. The molecule has 0 radical (unpaired) electrons. The van der Waals surface area contributed by atoms with Crippen LogP contribution in [0.25, 0.3) is 0 Å². The number of carbonyl (C=O) groups is 1. The molecular weight excluding hydrogens is 344 g/mol. The standard InChI is InChI=1S/C25H30N2O/c1-4-21-12-14-23(15-13-21)25(28)27(17-20(2)3)19-24-11-8-16-26(24)18-22-9-6-5-7-10-22/h5-16,20H,4,17-19H2,1-3H3. The van der Waals surface area contributed by atoms with Crippen molar-refractivity contribution in [1.82, 2.24) is 9.47 Å². The van der Waals surface area contributed by atoms with E-state index in [1.807, 2.05) is 23.1 Å². The van der Waals surface area contributed by atoms with Crippen molar-refractivity contribution in [2.24, 2.45) is 5.92 Å². The Morgan fingerprint density at radius 3 is 2.29 bits per heavy atom. The summed E-state index contributed by atoms with van der Waals surface area (Å²) in [6.07, 6.45) is 3.08. The summed E-state index contributed by atoms with van der Waals surface area (Å²) in [4.78, 5) is 15.2. The molecule has 0 N–H and O–H groups in total. The van der Waals surface area contributed by atoms with Crippen molar-refractivity contribution in [2.75, 3.05) is 6.54 Å². The predicted molar refractivity (Wildman–Crippen MR) is 115 cm³/mol. The minimum absolute atomic E-state index is 0.101. The second kappa shape index (κ2) is 9.41. The predicted octanol–water partition coefficient (Wildman–Crippen LogP) is 5.40. The Hall–Kier alpha value is -2.81. The first-order valence-electron chi connectivity index (χ1n) is 10.1. The molecule has 0 atom stereocenters. The number of carbonyl (C=O) groups excluding carboxylic acids is 1. The minimum Gasteiger partial charge on any atom is -0.345 e. The molecule has 0 saturated heterocycles. The van der Waals surface area contributed by atoms with E-state index in [1.165, 1.54) is 11.1 Å². The number of aryl methyl sites for hydroxylation is 1. The lowest BCUT2D eigenvalue weighted by molar-refractivity contribution is 0.0718. The molecule has 0 bridgehead atoms. The highest BCUT2D eigenvalue weighted by Gasteiger charge is 2.18. The number of benzene rings is 2. The fourth-order valence-corrected chi connectivity index (χ4v) is 3.45. The average Bonchev–Trinajstić information content (AvgIpc) is 3.14. The van der Waals surface area contributed by atoms with Crippen LogP contribution >= 0.6 is 0 Å². The third-order valence-electron chi connectivity index (χ3n) is 4.95. The van der Waals surface area contributed by atoms with Gasteiger partial charge in [-0.15, -0.1) is 0 Å². The van der Waals surface area contributed by atoms with E-state index in [-0.39, 0.29) is 5.91 Å². The summed E-state index contributed by atoms with van der Waals surface area (Å²) in [6, 6.07) is 22.6. The van der Waals surface area contributed by atoms with Gasteiger partial charge in [0.15, 0.2) is 0 Å². The average molecular weight is 375 g/mol. The zero-order valence-electron chi connectivity index (χ0n) is 17.1. The van der Waals surface area contributed by atoms with Crippen molar-refractivity contribution in [1.29, 1.82) is 0 Å². The minimum atomic E-state index is 0.101. The number of aromatic nitrogens is 1. The van der Waals surface area contributed by atoms with E-state index in [9.17, 15) is 4.79 Å². The summed E-state index contributed by atoms with van der Waals surface area (Å²) >= 11 is 0. The van der Waals surface area contributed by atoms with Crippen LogP contribution in [0.4, 0.5) is 0 Å². The highest BCUT2D eigenvalue weighted by molar-refractivity contribution is 5.94. The Bertz CT molecular complexity index is 878. The Balaban J connectivity index is 1.79. The molecule has 1 amide bonds. The molecule has 0 aliphatic carbocycles. The van der Waals surface area contributed by atoms with Crippen LogP contribution in [0.5, 0.6) is 0 Å². The first-order chi connectivity index (χ1) is 13.6. The van der Waals surface area contributed by atoms with Gasteiger partial charge in [-0.3, -0.25) is 4.79 Å². The molecule has 0 saturated carbocycles. The largest absolute Gasteiger partial charge is 0.345 e. The summed E-state index contributed by atoms with van der Waals surface area (Å²) in [5.41, 5.74) is 4.43. The van der Waals surface area contributed by atoms with Gasteiger partial charge in [0.25, 0.3) is 5.91 Å². The van der Waals surface area contributed by atoms with Gasteiger partial charge in [0.05, 0.1) is 6.54 Å². The summed E-state index contributed by atoms with van der Waals surface area (Å²) in [6.45, 7) is 8.62. The van der Waals surface area contributed by atoms with E-state index >= 15 is 0 Å². The van der Waals surface area contributed by atoms with Gasteiger partial charge in [-0.25, -0.2) is 0 Å². The third-order valence-corrected chi connectivity index (χ3v) is 4.95. The van der Waals surface area contributed by atoms with Crippen LogP contribution in [0.1, 0.15) is 48.0 Å². The summed E-state index contributed by atoms with van der Waals surface area (Å²) in [5.74, 6) is 0.514. The molecule has 1 heterocycles. The Labute approximate surface area is 168 Å². The van der Waals surface area contributed by atoms with E-state index in [1.54, 1.807) is 0 Å². The van der Waals surface area contributed by atoms with Gasteiger partial charge in [0.1, 0.15) is 0 Å². The zero-order valence-corrected chi connectivity index (χ0v) is 17.1. The fraction of sp³-hybridized carbons (Fsp3) is 0.320. The van der Waals surface area contributed by atoms with Crippen LogP contribution in [0, 0.1) is 5.92 Å². The smallest absolute Gasteiger partial charge is 0.254 e. The van der Waals surface area contributed by atoms with Gasteiger partial charge in [0.2, 0.25) is 0 Å². The van der Waals surface area contributed by atoms with Gasteiger partial charge in [-0.2, -0.15) is 0 Å². The second-order valence-corrected chi connectivity index (χ2v) is 7.74. The Kier molecular flexibility index (Phi) is 6.70. The Morgan fingerprint density at radius 2 is 1.64 bits per heavy atom. The molecule has 3 heteroatoms. The number of rotatable bonds is 8. The van der Waals surface area contributed by atoms with Crippen molar-refractivity contribution in [3.8, 4) is 0 Å². The maximum absolute atomic E-state index is 13.2. The summed E-state index contributed by atoms with van der Waals surface area (Å²) in [7, 11) is 0. The SMILES string of the molecule is CCc1ccc(C(=O)N(Cc2cccn2Cc2ccccc2)CC(C)C)cc1. The number of nitrogens with zero attached hydrogens (tertiary/aromatic N) is 2. The molecule has 1 aromatic heterocycles. The zero-order chi connectivity index (χ0) is 19.9. The highest BCUT2D eigenvalue weighted by Crippen LogP contribution is 2.16. The van der Waals surface area contributed by atoms with Crippen LogP contribution in [-0.4, -0.2) is 21.9 Å². The lowest BCUT2D eigenvalue weighted by atomic mass is 10.1. The summed E-state index contributed by atoms with van der Waals surface area (Å²) in [5, 5.41) is 0. The van der Waals surface area contributed by atoms with Crippen LogP contribution in [0.3, 0.4) is 0 Å². The molecule has 3 nitrogen and oxygen atoms in total. The molecule has 0 aliphatic heterocycles. The van der Waals surface area contributed by atoms with Gasteiger partial charge in [-0.1, -0.05) is 63.2 Å². The molecule has 0 spiro atoms. The maximum atomic E-state index is 13.2. The van der Waals surface area contributed by atoms with E-state index in [0.29, 0.717) is 12.5 Å². The molecule has 0 aliphatic rings. The van der Waals surface area contributed by atoms with Crippen LogP contribution < -0.4 is 0 Å². The van der Waals surface area contributed by atoms with E-state index in [0.717, 1.165) is 30.8 Å². The first-order valence-corrected chi connectivity index (χ1v) is 10.1. The number of hydrogen-bond acceptors (Lipinski definition) is 1. The molecule has 2 aromatic carbocycles. The van der Waals surface area contributed by atoms with Crippen LogP contribution in [0.15, 0.2) is 72.9 Å². The first kappa shape index (κ1) is 19.9. The van der Waals surface area contributed by atoms with E-state index in [4.69, 9.17) is 0 Å². The Morgan fingerprint density at radius 1 is 0.929 bits per heavy atom. The van der Waals surface area contributed by atoms with E-state index < -0.39 is 0 Å². The fourth-order valence-electron chi connectivity index (χ4n) is 3.45. The molecule has 0 unspecified atom stereocenters. The van der Waals surface area contributed by atoms with Crippen LogP contribution in [0.2, 0.25) is 0 Å².